The topological polar surface area (TPSA) is 29.1 Å². The molecular formula is C14H10BrCl2NO. The van der Waals surface area contributed by atoms with Gasteiger partial charge in [-0.05, 0) is 45.8 Å². The smallest absolute Gasteiger partial charge is 0.257 e. The van der Waals surface area contributed by atoms with Crippen molar-refractivity contribution >= 4 is 50.7 Å². The lowest BCUT2D eigenvalue weighted by Crippen LogP contribution is -2.12. The van der Waals surface area contributed by atoms with Gasteiger partial charge in [0.2, 0.25) is 0 Å². The molecule has 5 heteroatoms. The molecule has 0 saturated heterocycles. The SMILES string of the molecule is O=C(Nc1cccc(CCl)c1)c1cccc(Br)c1Cl. The first-order chi connectivity index (χ1) is 9.11. The van der Waals surface area contributed by atoms with E-state index in [1.54, 1.807) is 24.3 Å². The van der Waals surface area contributed by atoms with E-state index in [1.165, 1.54) is 0 Å². The summed E-state index contributed by atoms with van der Waals surface area (Å²) in [5.41, 5.74) is 2.06. The Balaban J connectivity index is 2.23. The van der Waals surface area contributed by atoms with Crippen molar-refractivity contribution < 1.29 is 4.79 Å². The van der Waals surface area contributed by atoms with Crippen LogP contribution in [0.1, 0.15) is 15.9 Å². The average Bonchev–Trinajstić information content (AvgIpc) is 2.42. The Morgan fingerprint density at radius 2 is 1.95 bits per heavy atom. The minimum atomic E-state index is -0.252. The van der Waals surface area contributed by atoms with Gasteiger partial charge in [-0.2, -0.15) is 0 Å². The third-order valence-corrected chi connectivity index (χ3v) is 4.14. The van der Waals surface area contributed by atoms with Crippen molar-refractivity contribution in [3.05, 3.63) is 63.1 Å². The van der Waals surface area contributed by atoms with E-state index >= 15 is 0 Å². The zero-order valence-electron chi connectivity index (χ0n) is 9.79. The number of hydrogen-bond acceptors (Lipinski definition) is 1. The molecule has 0 fully saturated rings. The summed E-state index contributed by atoms with van der Waals surface area (Å²) in [4.78, 5) is 12.1. The summed E-state index contributed by atoms with van der Waals surface area (Å²) in [5, 5.41) is 3.19. The molecule has 2 aromatic carbocycles. The first kappa shape index (κ1) is 14.4. The van der Waals surface area contributed by atoms with Crippen LogP contribution in [-0.2, 0) is 5.88 Å². The molecule has 2 rings (SSSR count). The fraction of sp³-hybridized carbons (Fsp3) is 0.0714. The number of halogens is 3. The number of hydrogen-bond donors (Lipinski definition) is 1. The maximum atomic E-state index is 12.1. The highest BCUT2D eigenvalue weighted by Crippen LogP contribution is 2.26. The van der Waals surface area contributed by atoms with Gasteiger partial charge in [0.05, 0.1) is 10.6 Å². The zero-order chi connectivity index (χ0) is 13.8. The van der Waals surface area contributed by atoms with Gasteiger partial charge in [-0.1, -0.05) is 29.8 Å². The van der Waals surface area contributed by atoms with E-state index in [0.717, 1.165) is 5.56 Å². The summed E-state index contributed by atoms with van der Waals surface area (Å²) in [6.45, 7) is 0. The molecule has 0 spiro atoms. The minimum absolute atomic E-state index is 0.252. The Morgan fingerprint density at radius 3 is 2.68 bits per heavy atom. The molecule has 0 aliphatic rings. The van der Waals surface area contributed by atoms with Gasteiger partial charge >= 0.3 is 0 Å². The zero-order valence-corrected chi connectivity index (χ0v) is 12.9. The van der Waals surface area contributed by atoms with E-state index < -0.39 is 0 Å². The largest absolute Gasteiger partial charge is 0.322 e. The van der Waals surface area contributed by atoms with E-state index in [-0.39, 0.29) is 5.91 Å². The van der Waals surface area contributed by atoms with Gasteiger partial charge < -0.3 is 5.32 Å². The van der Waals surface area contributed by atoms with Gasteiger partial charge in [-0.25, -0.2) is 0 Å². The average molecular weight is 359 g/mol. The molecule has 0 saturated carbocycles. The highest BCUT2D eigenvalue weighted by Gasteiger charge is 2.12. The van der Waals surface area contributed by atoms with Crippen molar-refractivity contribution in [2.24, 2.45) is 0 Å². The molecule has 0 radical (unpaired) electrons. The van der Waals surface area contributed by atoms with Crippen LogP contribution in [0.5, 0.6) is 0 Å². The number of carbonyl (C=O) groups is 1. The monoisotopic (exact) mass is 357 g/mol. The number of nitrogens with one attached hydrogen (secondary N) is 1. The van der Waals surface area contributed by atoms with Crippen LogP contribution in [0.25, 0.3) is 0 Å². The molecular weight excluding hydrogens is 349 g/mol. The normalized spacial score (nSPS) is 10.3. The second kappa shape index (κ2) is 6.42. The second-order valence-corrected chi connectivity index (χ2v) is 5.39. The molecule has 0 aromatic heterocycles. The lowest BCUT2D eigenvalue weighted by atomic mass is 10.2. The minimum Gasteiger partial charge on any atom is -0.322 e. The summed E-state index contributed by atoms with van der Waals surface area (Å²) >= 11 is 15.1. The maximum Gasteiger partial charge on any atom is 0.257 e. The number of carbonyl (C=O) groups excluding carboxylic acids is 1. The molecule has 1 amide bonds. The second-order valence-electron chi connectivity index (χ2n) is 3.89. The van der Waals surface area contributed by atoms with Crippen LogP contribution in [0.15, 0.2) is 46.9 Å². The molecule has 98 valence electrons. The van der Waals surface area contributed by atoms with Crippen LogP contribution >= 0.6 is 39.1 Å². The molecule has 2 nitrogen and oxygen atoms in total. The molecule has 0 aliphatic carbocycles. The van der Waals surface area contributed by atoms with Crippen LogP contribution in [0, 0.1) is 0 Å². The molecule has 0 atom stereocenters. The Hall–Kier alpha value is -1.03. The predicted molar refractivity (Wildman–Crippen MR) is 83.1 cm³/mol. The number of alkyl halides is 1. The summed E-state index contributed by atoms with van der Waals surface area (Å²) in [7, 11) is 0. The predicted octanol–water partition coefficient (Wildman–Crippen LogP) is 5.09. The van der Waals surface area contributed by atoms with E-state index in [2.05, 4.69) is 21.2 Å². The van der Waals surface area contributed by atoms with Crippen molar-refractivity contribution in [2.45, 2.75) is 5.88 Å². The number of rotatable bonds is 3. The van der Waals surface area contributed by atoms with Crippen LogP contribution in [0.3, 0.4) is 0 Å². The van der Waals surface area contributed by atoms with Crippen molar-refractivity contribution in [1.82, 2.24) is 0 Å². The third-order valence-electron chi connectivity index (χ3n) is 2.54. The maximum absolute atomic E-state index is 12.1. The van der Waals surface area contributed by atoms with Gasteiger partial charge in [0, 0.05) is 16.0 Å². The van der Waals surface area contributed by atoms with Crippen molar-refractivity contribution in [2.75, 3.05) is 5.32 Å². The van der Waals surface area contributed by atoms with Gasteiger partial charge in [-0.3, -0.25) is 4.79 Å². The molecule has 0 bridgehead atoms. The third kappa shape index (κ3) is 3.50. The Bertz CT molecular complexity index is 616. The number of amides is 1. The van der Waals surface area contributed by atoms with Gasteiger partial charge in [-0.15, -0.1) is 11.6 Å². The van der Waals surface area contributed by atoms with E-state index in [1.807, 2.05) is 18.2 Å². The highest BCUT2D eigenvalue weighted by atomic mass is 79.9. The quantitative estimate of drug-likeness (QED) is 0.760. The summed E-state index contributed by atoms with van der Waals surface area (Å²) in [6, 6.07) is 12.6. The fourth-order valence-electron chi connectivity index (χ4n) is 1.61. The van der Waals surface area contributed by atoms with Gasteiger partial charge in [0.25, 0.3) is 5.91 Å². The Kier molecular flexibility index (Phi) is 4.86. The molecule has 1 N–H and O–H groups in total. The highest BCUT2D eigenvalue weighted by molar-refractivity contribution is 9.10. The summed E-state index contributed by atoms with van der Waals surface area (Å²) < 4.78 is 0.691. The summed E-state index contributed by atoms with van der Waals surface area (Å²) in [6.07, 6.45) is 0. The standard InChI is InChI=1S/C14H10BrCl2NO/c15-12-6-2-5-11(13(12)17)14(19)18-10-4-1-3-9(7-10)8-16/h1-7H,8H2,(H,18,19). The lowest BCUT2D eigenvalue weighted by Gasteiger charge is -2.08. The molecule has 0 aliphatic heterocycles. The molecule has 2 aromatic rings. The van der Waals surface area contributed by atoms with E-state index in [0.29, 0.717) is 26.6 Å². The van der Waals surface area contributed by atoms with Gasteiger partial charge in [0.15, 0.2) is 0 Å². The van der Waals surface area contributed by atoms with Crippen molar-refractivity contribution in [3.8, 4) is 0 Å². The fourth-order valence-corrected chi connectivity index (χ4v) is 2.35. The Morgan fingerprint density at radius 1 is 1.21 bits per heavy atom. The summed E-state index contributed by atoms with van der Waals surface area (Å²) in [5.74, 6) is 0.152. The van der Waals surface area contributed by atoms with Crippen LogP contribution in [0.4, 0.5) is 5.69 Å². The van der Waals surface area contributed by atoms with Gasteiger partial charge in [0.1, 0.15) is 0 Å². The number of benzene rings is 2. The first-order valence-electron chi connectivity index (χ1n) is 5.52. The molecule has 19 heavy (non-hydrogen) atoms. The lowest BCUT2D eigenvalue weighted by molar-refractivity contribution is 0.102. The van der Waals surface area contributed by atoms with E-state index in [9.17, 15) is 4.79 Å². The molecule has 0 unspecified atom stereocenters. The molecule has 0 heterocycles. The number of anilines is 1. The Labute approximate surface area is 129 Å². The van der Waals surface area contributed by atoms with Crippen LogP contribution < -0.4 is 5.32 Å². The van der Waals surface area contributed by atoms with Crippen LogP contribution in [-0.4, -0.2) is 5.91 Å². The van der Waals surface area contributed by atoms with Crippen LogP contribution in [0.2, 0.25) is 5.02 Å². The van der Waals surface area contributed by atoms with Crippen molar-refractivity contribution in [3.63, 3.8) is 0 Å². The van der Waals surface area contributed by atoms with Crippen molar-refractivity contribution in [1.29, 1.82) is 0 Å². The first-order valence-corrected chi connectivity index (χ1v) is 7.22. The van der Waals surface area contributed by atoms with E-state index in [4.69, 9.17) is 23.2 Å².